The predicted molar refractivity (Wildman–Crippen MR) is 103 cm³/mol. The lowest BCUT2D eigenvalue weighted by molar-refractivity contribution is -0.109. The predicted octanol–water partition coefficient (Wildman–Crippen LogP) is 4.72. The van der Waals surface area contributed by atoms with Gasteiger partial charge in [0.15, 0.2) is 5.12 Å². The Balaban J connectivity index is 2.35. The smallest absolute Gasteiger partial charge is 0.400 e. The first-order valence-electron chi connectivity index (χ1n) is 7.99. The molecule has 1 aromatic carbocycles. The molecule has 0 amide bonds. The number of carbonyl (C=O) groups is 1. The number of hydrogen-bond acceptors (Lipinski definition) is 4. The van der Waals surface area contributed by atoms with Gasteiger partial charge in [-0.3, -0.25) is 4.79 Å². The lowest BCUT2D eigenvalue weighted by Crippen LogP contribution is -2.41. The molecule has 0 unspecified atom stereocenters. The fourth-order valence-corrected chi connectivity index (χ4v) is 3.19. The second-order valence-electron chi connectivity index (χ2n) is 6.92. The number of halogens is 1. The van der Waals surface area contributed by atoms with Crippen molar-refractivity contribution in [2.45, 2.75) is 51.7 Å². The molecule has 1 aliphatic rings. The highest BCUT2D eigenvalue weighted by Crippen LogP contribution is 2.39. The van der Waals surface area contributed by atoms with Crippen molar-refractivity contribution < 1.29 is 14.1 Å². The van der Waals surface area contributed by atoms with Crippen LogP contribution in [0.5, 0.6) is 0 Å². The molecular formula is C18H24BClO3S. The van der Waals surface area contributed by atoms with Gasteiger partial charge in [-0.15, -0.1) is 11.6 Å². The van der Waals surface area contributed by atoms with E-state index in [0.29, 0.717) is 11.6 Å². The van der Waals surface area contributed by atoms with Gasteiger partial charge in [0, 0.05) is 18.6 Å². The maximum atomic E-state index is 11.4. The van der Waals surface area contributed by atoms with Crippen LogP contribution in [0.1, 0.15) is 45.7 Å². The quantitative estimate of drug-likeness (QED) is 0.558. The lowest BCUT2D eigenvalue weighted by atomic mass is 9.78. The first-order valence-corrected chi connectivity index (χ1v) is 9.51. The molecular weight excluding hydrogens is 343 g/mol. The third-order valence-corrected chi connectivity index (χ3v) is 5.71. The summed E-state index contributed by atoms with van der Waals surface area (Å²) in [6.45, 7) is 9.66. The number of thioether (sulfide) groups is 1. The van der Waals surface area contributed by atoms with Crippen LogP contribution in [0.15, 0.2) is 29.7 Å². The molecule has 3 nitrogen and oxygen atoms in total. The van der Waals surface area contributed by atoms with Gasteiger partial charge in [0.25, 0.3) is 0 Å². The summed E-state index contributed by atoms with van der Waals surface area (Å²) >= 11 is 7.30. The third-order valence-electron chi connectivity index (χ3n) is 4.54. The minimum absolute atomic E-state index is 0.0723. The zero-order chi connectivity index (χ0) is 18.0. The summed E-state index contributed by atoms with van der Waals surface area (Å²) in [6.07, 6.45) is 2.04. The molecule has 1 aromatic rings. The minimum atomic E-state index is -0.467. The molecule has 1 aliphatic heterocycles. The standard InChI is InChI=1S/C18H24BClO3S/c1-13(21)24-12-16(10-14-8-6-7-9-15(14)11-20)19-22-17(2,3)18(4,5)23-19/h6-10H,11-12H2,1-5H3. The molecule has 130 valence electrons. The Hall–Kier alpha value is -0.745. The molecule has 2 rings (SSSR count). The molecule has 0 N–H and O–H groups in total. The van der Waals surface area contributed by atoms with E-state index in [4.69, 9.17) is 20.9 Å². The van der Waals surface area contributed by atoms with Crippen LogP contribution in [-0.4, -0.2) is 29.2 Å². The van der Waals surface area contributed by atoms with E-state index in [2.05, 4.69) is 0 Å². The van der Waals surface area contributed by atoms with Gasteiger partial charge in [0.2, 0.25) is 0 Å². The SMILES string of the molecule is CC(=O)SCC(=Cc1ccccc1CCl)B1OC(C)(C)C(C)(C)O1. The highest BCUT2D eigenvalue weighted by Gasteiger charge is 2.52. The van der Waals surface area contributed by atoms with E-state index in [9.17, 15) is 4.79 Å². The number of rotatable bonds is 5. The number of benzene rings is 1. The second kappa shape index (κ2) is 7.65. The Labute approximate surface area is 154 Å². The van der Waals surface area contributed by atoms with E-state index in [1.54, 1.807) is 6.92 Å². The van der Waals surface area contributed by atoms with Crippen LogP contribution in [0.3, 0.4) is 0 Å². The van der Waals surface area contributed by atoms with Gasteiger partial charge in [-0.25, -0.2) is 0 Å². The van der Waals surface area contributed by atoms with Crippen molar-refractivity contribution in [1.29, 1.82) is 0 Å². The molecule has 24 heavy (non-hydrogen) atoms. The van der Waals surface area contributed by atoms with Crippen LogP contribution in [0.25, 0.3) is 6.08 Å². The summed E-state index contributed by atoms with van der Waals surface area (Å²) in [4.78, 5) is 11.4. The topological polar surface area (TPSA) is 35.5 Å². The Morgan fingerprint density at radius 3 is 2.33 bits per heavy atom. The third kappa shape index (κ3) is 4.45. The molecule has 0 spiro atoms. The summed E-state index contributed by atoms with van der Waals surface area (Å²) in [5, 5.41) is 0.0723. The van der Waals surface area contributed by atoms with Gasteiger partial charge in [-0.1, -0.05) is 42.1 Å². The highest BCUT2D eigenvalue weighted by molar-refractivity contribution is 8.13. The minimum Gasteiger partial charge on any atom is -0.400 e. The van der Waals surface area contributed by atoms with Gasteiger partial charge in [-0.05, 0) is 44.3 Å². The van der Waals surface area contributed by atoms with Crippen molar-refractivity contribution in [3.05, 3.63) is 40.9 Å². The van der Waals surface area contributed by atoms with E-state index in [1.807, 2.05) is 58.0 Å². The van der Waals surface area contributed by atoms with Crippen LogP contribution < -0.4 is 0 Å². The molecule has 0 radical (unpaired) electrons. The van der Waals surface area contributed by atoms with E-state index in [0.717, 1.165) is 16.6 Å². The first-order chi connectivity index (χ1) is 11.2. The monoisotopic (exact) mass is 366 g/mol. The summed E-state index contributed by atoms with van der Waals surface area (Å²) < 4.78 is 12.3. The first kappa shape index (κ1) is 19.6. The van der Waals surface area contributed by atoms with Crippen LogP contribution in [-0.2, 0) is 20.0 Å². The summed E-state index contributed by atoms with van der Waals surface area (Å²) in [5.41, 5.74) is 2.18. The Morgan fingerprint density at radius 2 is 1.79 bits per heavy atom. The van der Waals surface area contributed by atoms with E-state index >= 15 is 0 Å². The average molecular weight is 367 g/mol. The molecule has 0 aliphatic carbocycles. The van der Waals surface area contributed by atoms with Crippen molar-refractivity contribution in [2.24, 2.45) is 0 Å². The molecule has 6 heteroatoms. The number of alkyl halides is 1. The van der Waals surface area contributed by atoms with Gasteiger partial charge in [0.1, 0.15) is 0 Å². The normalized spacial score (nSPS) is 19.6. The lowest BCUT2D eigenvalue weighted by Gasteiger charge is -2.32. The maximum absolute atomic E-state index is 11.4. The number of carbonyl (C=O) groups excluding carboxylic acids is 1. The van der Waals surface area contributed by atoms with Gasteiger partial charge in [0.05, 0.1) is 11.2 Å². The molecule has 1 fully saturated rings. The molecule has 0 bridgehead atoms. The fourth-order valence-electron chi connectivity index (χ4n) is 2.35. The van der Waals surface area contributed by atoms with Gasteiger partial charge >= 0.3 is 7.12 Å². The van der Waals surface area contributed by atoms with E-state index < -0.39 is 18.3 Å². The molecule has 1 saturated heterocycles. The highest BCUT2D eigenvalue weighted by atomic mass is 35.5. The Bertz CT molecular complexity index is 627. The largest absolute Gasteiger partial charge is 0.491 e. The van der Waals surface area contributed by atoms with Crippen molar-refractivity contribution in [3.63, 3.8) is 0 Å². The van der Waals surface area contributed by atoms with Gasteiger partial charge < -0.3 is 9.31 Å². The van der Waals surface area contributed by atoms with Crippen molar-refractivity contribution in [3.8, 4) is 0 Å². The fraction of sp³-hybridized carbons (Fsp3) is 0.500. The zero-order valence-electron chi connectivity index (χ0n) is 14.9. The van der Waals surface area contributed by atoms with Crippen molar-refractivity contribution in [1.82, 2.24) is 0 Å². The molecule has 0 aromatic heterocycles. The van der Waals surface area contributed by atoms with Crippen LogP contribution >= 0.6 is 23.4 Å². The van der Waals surface area contributed by atoms with Crippen LogP contribution in [0.4, 0.5) is 0 Å². The van der Waals surface area contributed by atoms with Crippen molar-refractivity contribution >= 4 is 41.7 Å². The van der Waals surface area contributed by atoms with E-state index in [1.165, 1.54) is 11.8 Å². The van der Waals surface area contributed by atoms with Crippen molar-refractivity contribution in [2.75, 3.05) is 5.75 Å². The Kier molecular flexibility index (Phi) is 6.24. The summed E-state index contributed by atoms with van der Waals surface area (Å²) in [6, 6.07) is 7.95. The maximum Gasteiger partial charge on any atom is 0.491 e. The van der Waals surface area contributed by atoms with E-state index in [-0.39, 0.29) is 5.12 Å². The summed E-state index contributed by atoms with van der Waals surface area (Å²) in [7, 11) is -0.467. The van der Waals surface area contributed by atoms with Gasteiger partial charge in [-0.2, -0.15) is 0 Å². The zero-order valence-corrected chi connectivity index (χ0v) is 16.5. The summed E-state index contributed by atoms with van der Waals surface area (Å²) in [5.74, 6) is 0.964. The van der Waals surface area contributed by atoms with Crippen LogP contribution in [0.2, 0.25) is 0 Å². The molecule has 0 saturated carbocycles. The van der Waals surface area contributed by atoms with Crippen LogP contribution in [0, 0.1) is 0 Å². The Morgan fingerprint density at radius 1 is 1.21 bits per heavy atom. The average Bonchev–Trinajstić information content (AvgIpc) is 2.71. The number of hydrogen-bond donors (Lipinski definition) is 0. The molecule has 0 atom stereocenters. The molecule has 1 heterocycles. The second-order valence-corrected chi connectivity index (χ2v) is 8.34.